The lowest BCUT2D eigenvalue weighted by Gasteiger charge is -2.02. The molecule has 0 amide bonds. The third-order valence-corrected chi connectivity index (χ3v) is 2.80. The van der Waals surface area contributed by atoms with E-state index in [0.717, 1.165) is 16.6 Å². The number of rotatable bonds is 5. The second kappa shape index (κ2) is 5.26. The molecule has 1 unspecified atom stereocenters. The Morgan fingerprint density at radius 3 is 2.92 bits per heavy atom. The fourth-order valence-electron chi connectivity index (χ4n) is 0.813. The zero-order chi connectivity index (χ0) is 9.68. The summed E-state index contributed by atoms with van der Waals surface area (Å²) in [5.41, 5.74) is 0. The van der Waals surface area contributed by atoms with Crippen molar-refractivity contribution in [1.82, 2.24) is 15.5 Å². The molecule has 0 radical (unpaired) electrons. The first-order valence-corrected chi connectivity index (χ1v) is 5.16. The first-order chi connectivity index (χ1) is 6.27. The average molecular weight is 201 g/mol. The van der Waals surface area contributed by atoms with E-state index in [0.29, 0.717) is 6.61 Å². The van der Waals surface area contributed by atoms with E-state index in [1.807, 2.05) is 14.0 Å². The van der Waals surface area contributed by atoms with E-state index in [1.165, 1.54) is 0 Å². The summed E-state index contributed by atoms with van der Waals surface area (Å²) >= 11 is 1.60. The van der Waals surface area contributed by atoms with Gasteiger partial charge in [-0.1, -0.05) is 11.3 Å². The van der Waals surface area contributed by atoms with Crippen LogP contribution in [0, 0.1) is 0 Å². The molecule has 74 valence electrons. The molecule has 1 atom stereocenters. The molecule has 1 heterocycles. The van der Waals surface area contributed by atoms with Gasteiger partial charge in [-0.25, -0.2) is 0 Å². The van der Waals surface area contributed by atoms with E-state index in [9.17, 15) is 0 Å². The highest BCUT2D eigenvalue weighted by atomic mass is 32.1. The van der Waals surface area contributed by atoms with Crippen LogP contribution in [0.4, 0.5) is 0 Å². The van der Waals surface area contributed by atoms with Crippen molar-refractivity contribution < 1.29 is 4.74 Å². The zero-order valence-electron chi connectivity index (χ0n) is 8.20. The molecule has 0 bridgehead atoms. The summed E-state index contributed by atoms with van der Waals surface area (Å²) in [5.74, 6) is 0. The van der Waals surface area contributed by atoms with E-state index in [-0.39, 0.29) is 6.04 Å². The van der Waals surface area contributed by atoms with E-state index in [4.69, 9.17) is 4.74 Å². The maximum atomic E-state index is 5.23. The van der Waals surface area contributed by atoms with Crippen LogP contribution in [-0.2, 0) is 11.3 Å². The Kier molecular flexibility index (Phi) is 4.27. The van der Waals surface area contributed by atoms with Crippen LogP contribution in [0.25, 0.3) is 0 Å². The second-order valence-electron chi connectivity index (χ2n) is 2.68. The van der Waals surface area contributed by atoms with Gasteiger partial charge in [-0.05, 0) is 20.9 Å². The lowest BCUT2D eigenvalue weighted by Crippen LogP contribution is -2.11. The van der Waals surface area contributed by atoms with Gasteiger partial charge in [-0.3, -0.25) is 0 Å². The van der Waals surface area contributed by atoms with Gasteiger partial charge < -0.3 is 10.1 Å². The summed E-state index contributed by atoms with van der Waals surface area (Å²) in [6.45, 7) is 5.32. The molecule has 5 heteroatoms. The molecule has 0 aliphatic rings. The Labute approximate surface area is 82.3 Å². The van der Waals surface area contributed by atoms with Gasteiger partial charge in [0.05, 0.1) is 6.04 Å². The van der Waals surface area contributed by atoms with E-state index in [2.05, 4.69) is 22.4 Å². The van der Waals surface area contributed by atoms with Crippen molar-refractivity contribution in [2.75, 3.05) is 13.7 Å². The standard InChI is InChI=1S/C8H15N3OS/c1-4-12-5-7-10-11-8(13-7)6(2)9-3/h6,9H,4-5H2,1-3H3. The molecule has 1 aromatic rings. The zero-order valence-corrected chi connectivity index (χ0v) is 9.02. The maximum absolute atomic E-state index is 5.23. The minimum Gasteiger partial charge on any atom is -0.374 e. The van der Waals surface area contributed by atoms with Crippen molar-refractivity contribution in [3.05, 3.63) is 10.0 Å². The Bertz CT molecular complexity index is 251. The highest BCUT2D eigenvalue weighted by Crippen LogP contribution is 2.17. The SMILES string of the molecule is CCOCc1nnc(C(C)NC)s1. The molecule has 13 heavy (non-hydrogen) atoms. The van der Waals surface area contributed by atoms with Gasteiger partial charge in [0.2, 0.25) is 0 Å². The van der Waals surface area contributed by atoms with E-state index in [1.54, 1.807) is 11.3 Å². The minimum absolute atomic E-state index is 0.271. The third kappa shape index (κ3) is 3.02. The number of aromatic nitrogens is 2. The number of hydrogen-bond acceptors (Lipinski definition) is 5. The predicted molar refractivity (Wildman–Crippen MR) is 52.7 cm³/mol. The highest BCUT2D eigenvalue weighted by Gasteiger charge is 2.09. The molecular weight excluding hydrogens is 186 g/mol. The van der Waals surface area contributed by atoms with Crippen molar-refractivity contribution in [1.29, 1.82) is 0 Å². The molecule has 0 aliphatic heterocycles. The van der Waals surface area contributed by atoms with Gasteiger partial charge in [-0.15, -0.1) is 10.2 Å². The van der Waals surface area contributed by atoms with Crippen molar-refractivity contribution in [3.63, 3.8) is 0 Å². The maximum Gasteiger partial charge on any atom is 0.143 e. The Balaban J connectivity index is 2.53. The topological polar surface area (TPSA) is 47.0 Å². The fraction of sp³-hybridized carbons (Fsp3) is 0.750. The lowest BCUT2D eigenvalue weighted by molar-refractivity contribution is 0.133. The second-order valence-corrected chi connectivity index (χ2v) is 3.78. The summed E-state index contributed by atoms with van der Waals surface area (Å²) in [7, 11) is 1.91. The minimum atomic E-state index is 0.271. The monoisotopic (exact) mass is 201 g/mol. The molecule has 1 aromatic heterocycles. The summed E-state index contributed by atoms with van der Waals surface area (Å²) in [4.78, 5) is 0. The van der Waals surface area contributed by atoms with Gasteiger partial charge in [0.25, 0.3) is 0 Å². The van der Waals surface area contributed by atoms with Gasteiger partial charge in [0, 0.05) is 6.61 Å². The molecule has 1 N–H and O–H groups in total. The van der Waals surface area contributed by atoms with Crippen molar-refractivity contribution >= 4 is 11.3 Å². The van der Waals surface area contributed by atoms with Crippen LogP contribution in [0.2, 0.25) is 0 Å². The highest BCUT2D eigenvalue weighted by molar-refractivity contribution is 7.11. The first-order valence-electron chi connectivity index (χ1n) is 4.35. The van der Waals surface area contributed by atoms with Crippen LogP contribution in [0.3, 0.4) is 0 Å². The van der Waals surface area contributed by atoms with Crippen molar-refractivity contribution in [2.45, 2.75) is 26.5 Å². The molecule has 4 nitrogen and oxygen atoms in total. The average Bonchev–Trinajstić information content (AvgIpc) is 2.62. The number of nitrogens with one attached hydrogen (secondary N) is 1. The lowest BCUT2D eigenvalue weighted by atomic mass is 10.4. The molecule has 1 rings (SSSR count). The van der Waals surface area contributed by atoms with Gasteiger partial charge in [0.15, 0.2) is 0 Å². The summed E-state index contributed by atoms with van der Waals surface area (Å²) in [5, 5.41) is 13.2. The summed E-state index contributed by atoms with van der Waals surface area (Å²) in [6, 6.07) is 0.271. The van der Waals surface area contributed by atoms with Crippen LogP contribution < -0.4 is 5.32 Å². The number of nitrogens with zero attached hydrogens (tertiary/aromatic N) is 2. The molecule has 0 fully saturated rings. The Morgan fingerprint density at radius 2 is 2.31 bits per heavy atom. The first kappa shape index (κ1) is 10.6. The molecule has 0 saturated carbocycles. The van der Waals surface area contributed by atoms with Gasteiger partial charge in [-0.2, -0.15) is 0 Å². The van der Waals surface area contributed by atoms with Crippen LogP contribution in [0.1, 0.15) is 29.9 Å². The fourth-order valence-corrected chi connectivity index (χ4v) is 1.65. The third-order valence-electron chi connectivity index (χ3n) is 1.72. The normalized spacial score (nSPS) is 13.2. The van der Waals surface area contributed by atoms with Crippen LogP contribution in [-0.4, -0.2) is 23.9 Å². The van der Waals surface area contributed by atoms with Crippen LogP contribution in [0.15, 0.2) is 0 Å². The number of hydrogen-bond donors (Lipinski definition) is 1. The van der Waals surface area contributed by atoms with E-state index >= 15 is 0 Å². The summed E-state index contributed by atoms with van der Waals surface area (Å²) in [6.07, 6.45) is 0. The molecule has 0 spiro atoms. The van der Waals surface area contributed by atoms with Crippen molar-refractivity contribution in [2.24, 2.45) is 0 Å². The summed E-state index contributed by atoms with van der Waals surface area (Å²) < 4.78 is 5.23. The number of ether oxygens (including phenoxy) is 1. The molecule has 0 aromatic carbocycles. The predicted octanol–water partition coefficient (Wildman–Crippen LogP) is 1.35. The van der Waals surface area contributed by atoms with Crippen molar-refractivity contribution in [3.8, 4) is 0 Å². The Hall–Kier alpha value is -0.520. The quantitative estimate of drug-likeness (QED) is 0.781. The van der Waals surface area contributed by atoms with Gasteiger partial charge >= 0.3 is 0 Å². The van der Waals surface area contributed by atoms with Gasteiger partial charge in [0.1, 0.15) is 16.6 Å². The largest absolute Gasteiger partial charge is 0.374 e. The molecule has 0 aliphatic carbocycles. The van der Waals surface area contributed by atoms with Crippen LogP contribution in [0.5, 0.6) is 0 Å². The van der Waals surface area contributed by atoms with Crippen LogP contribution >= 0.6 is 11.3 Å². The molecule has 0 saturated heterocycles. The van der Waals surface area contributed by atoms with E-state index < -0.39 is 0 Å². The Morgan fingerprint density at radius 1 is 1.54 bits per heavy atom. The smallest absolute Gasteiger partial charge is 0.143 e. The molecular formula is C8H15N3OS.